The van der Waals surface area contributed by atoms with E-state index < -0.39 is 5.97 Å². The molecule has 0 aromatic carbocycles. The average Bonchev–Trinajstić information content (AvgIpc) is 2.34. The van der Waals surface area contributed by atoms with Crippen LogP contribution < -0.4 is 5.32 Å². The van der Waals surface area contributed by atoms with Gasteiger partial charge in [-0.3, -0.25) is 0 Å². The van der Waals surface area contributed by atoms with Crippen LogP contribution in [0.5, 0.6) is 0 Å². The molecule has 0 atom stereocenters. The highest BCUT2D eigenvalue weighted by Gasteiger charge is 2.08. The summed E-state index contributed by atoms with van der Waals surface area (Å²) in [7, 11) is 1.59. The smallest absolute Gasteiger partial charge is 0.373 e. The van der Waals surface area contributed by atoms with Crippen LogP contribution in [0.3, 0.4) is 0 Å². The molecule has 10 heavy (non-hydrogen) atoms. The van der Waals surface area contributed by atoms with Crippen molar-refractivity contribution in [2.45, 2.75) is 0 Å². The summed E-state index contributed by atoms with van der Waals surface area (Å²) in [5.74, 6) is -1.28. The third-order valence-electron chi connectivity index (χ3n) is 0.930. The van der Waals surface area contributed by atoms with E-state index in [4.69, 9.17) is 5.11 Å². The Hall–Kier alpha value is -1.52. The van der Waals surface area contributed by atoms with Crippen molar-refractivity contribution in [2.75, 3.05) is 12.4 Å². The Morgan fingerprint density at radius 3 is 2.90 bits per heavy atom. The number of nitrogens with one attached hydrogen (secondary N) is 1. The van der Waals surface area contributed by atoms with Crippen LogP contribution in [0.25, 0.3) is 0 Å². The van der Waals surface area contributed by atoms with Crippen molar-refractivity contribution in [3.63, 3.8) is 0 Å². The van der Waals surface area contributed by atoms with Crippen molar-refractivity contribution in [2.24, 2.45) is 0 Å². The van der Waals surface area contributed by atoms with Crippen molar-refractivity contribution in [1.82, 2.24) is 4.98 Å². The van der Waals surface area contributed by atoms with E-state index in [2.05, 4.69) is 14.7 Å². The molecule has 0 radical (unpaired) electrons. The maximum Gasteiger partial charge on any atom is 0.373 e. The number of hydrogen-bond donors (Lipinski definition) is 2. The molecular formula is C5H6N2O3. The number of oxazole rings is 1. The predicted octanol–water partition coefficient (Wildman–Crippen LogP) is 0.414. The van der Waals surface area contributed by atoms with Crippen LogP contribution in [0.4, 0.5) is 6.01 Å². The Morgan fingerprint density at radius 1 is 1.90 bits per heavy atom. The zero-order valence-corrected chi connectivity index (χ0v) is 5.29. The van der Waals surface area contributed by atoms with Gasteiger partial charge in [-0.25, -0.2) is 9.78 Å². The fourth-order valence-electron chi connectivity index (χ4n) is 0.489. The normalized spacial score (nSPS) is 9.30. The van der Waals surface area contributed by atoms with Crippen LogP contribution in [-0.2, 0) is 0 Å². The number of hydrogen-bond acceptors (Lipinski definition) is 4. The molecule has 1 aromatic rings. The summed E-state index contributed by atoms with van der Waals surface area (Å²) in [5.41, 5.74) is 0. The van der Waals surface area contributed by atoms with Gasteiger partial charge in [0.05, 0.1) is 6.20 Å². The van der Waals surface area contributed by atoms with E-state index in [1.165, 1.54) is 0 Å². The van der Waals surface area contributed by atoms with Gasteiger partial charge in [0, 0.05) is 7.05 Å². The van der Waals surface area contributed by atoms with E-state index >= 15 is 0 Å². The fraction of sp³-hybridized carbons (Fsp3) is 0.200. The first-order chi connectivity index (χ1) is 4.74. The zero-order valence-electron chi connectivity index (χ0n) is 5.29. The summed E-state index contributed by atoms with van der Waals surface area (Å²) in [6.07, 6.45) is 1.15. The van der Waals surface area contributed by atoms with Crippen molar-refractivity contribution in [3.05, 3.63) is 12.0 Å². The number of carboxylic acids is 1. The van der Waals surface area contributed by atoms with E-state index in [1.807, 2.05) is 0 Å². The summed E-state index contributed by atoms with van der Waals surface area (Å²) in [6.45, 7) is 0. The van der Waals surface area contributed by atoms with Gasteiger partial charge in [-0.15, -0.1) is 0 Å². The molecule has 0 unspecified atom stereocenters. The molecule has 0 aliphatic carbocycles. The van der Waals surface area contributed by atoms with Gasteiger partial charge in [0.1, 0.15) is 0 Å². The van der Waals surface area contributed by atoms with E-state index in [0.717, 1.165) is 6.20 Å². The summed E-state index contributed by atoms with van der Waals surface area (Å²) in [6, 6.07) is 0.206. The highest BCUT2D eigenvalue weighted by atomic mass is 16.4. The first-order valence-corrected chi connectivity index (χ1v) is 2.61. The Balaban J connectivity index is 2.88. The van der Waals surface area contributed by atoms with Crippen molar-refractivity contribution < 1.29 is 14.3 Å². The van der Waals surface area contributed by atoms with Crippen LogP contribution >= 0.6 is 0 Å². The quantitative estimate of drug-likeness (QED) is 0.625. The largest absolute Gasteiger partial charge is 0.475 e. The number of nitrogens with zero attached hydrogens (tertiary/aromatic N) is 1. The van der Waals surface area contributed by atoms with Gasteiger partial charge in [-0.05, 0) is 0 Å². The Kier molecular flexibility index (Phi) is 1.57. The molecule has 1 rings (SSSR count). The Bertz CT molecular complexity index is 243. The Morgan fingerprint density at radius 2 is 2.60 bits per heavy atom. The number of carbonyl (C=O) groups is 1. The first-order valence-electron chi connectivity index (χ1n) is 2.61. The lowest BCUT2D eigenvalue weighted by Crippen LogP contribution is -1.92. The van der Waals surface area contributed by atoms with Gasteiger partial charge in [-0.2, -0.15) is 0 Å². The van der Waals surface area contributed by atoms with E-state index in [9.17, 15) is 4.79 Å². The molecule has 1 heterocycles. The minimum atomic E-state index is -1.12. The lowest BCUT2D eigenvalue weighted by atomic mass is 10.5. The summed E-state index contributed by atoms with van der Waals surface area (Å²) in [5, 5.41) is 10.9. The SMILES string of the molecule is CNc1ncc(C(=O)O)o1. The number of rotatable bonds is 2. The summed E-state index contributed by atoms with van der Waals surface area (Å²) < 4.78 is 4.67. The topological polar surface area (TPSA) is 75.4 Å². The minimum Gasteiger partial charge on any atom is -0.475 e. The highest BCUT2D eigenvalue weighted by Crippen LogP contribution is 2.06. The zero-order chi connectivity index (χ0) is 7.56. The summed E-state index contributed by atoms with van der Waals surface area (Å²) >= 11 is 0. The van der Waals surface area contributed by atoms with Gasteiger partial charge in [-0.1, -0.05) is 0 Å². The monoisotopic (exact) mass is 142 g/mol. The van der Waals surface area contributed by atoms with Crippen molar-refractivity contribution >= 4 is 12.0 Å². The molecule has 1 aromatic heterocycles. The van der Waals surface area contributed by atoms with Gasteiger partial charge in [0.15, 0.2) is 0 Å². The van der Waals surface area contributed by atoms with Crippen LogP contribution in [-0.4, -0.2) is 23.1 Å². The maximum atomic E-state index is 10.2. The number of aromatic nitrogens is 1. The molecule has 2 N–H and O–H groups in total. The number of anilines is 1. The molecule has 0 aliphatic rings. The summed E-state index contributed by atoms with van der Waals surface area (Å²) in [4.78, 5) is 13.8. The molecule has 5 nitrogen and oxygen atoms in total. The molecule has 0 fully saturated rings. The van der Waals surface area contributed by atoms with Crippen LogP contribution in [0.2, 0.25) is 0 Å². The van der Waals surface area contributed by atoms with Gasteiger partial charge < -0.3 is 14.8 Å². The second-order valence-electron chi connectivity index (χ2n) is 1.58. The fourth-order valence-corrected chi connectivity index (χ4v) is 0.489. The van der Waals surface area contributed by atoms with Gasteiger partial charge in [0.2, 0.25) is 5.76 Å². The highest BCUT2D eigenvalue weighted by molar-refractivity contribution is 5.84. The minimum absolute atomic E-state index is 0.163. The van der Waals surface area contributed by atoms with Gasteiger partial charge in [0.25, 0.3) is 6.01 Å². The maximum absolute atomic E-state index is 10.2. The molecule has 54 valence electrons. The second-order valence-corrected chi connectivity index (χ2v) is 1.58. The average molecular weight is 142 g/mol. The molecule has 0 saturated heterocycles. The molecule has 0 bridgehead atoms. The van der Waals surface area contributed by atoms with Gasteiger partial charge >= 0.3 is 5.97 Å². The second kappa shape index (κ2) is 2.38. The van der Waals surface area contributed by atoms with Crippen molar-refractivity contribution in [1.29, 1.82) is 0 Å². The Labute approximate surface area is 56.7 Å². The van der Waals surface area contributed by atoms with Crippen LogP contribution in [0.1, 0.15) is 10.6 Å². The molecule has 5 heteroatoms. The standard InChI is InChI=1S/C5H6N2O3/c1-6-5-7-2-3(10-5)4(8)9/h2H,1H3,(H,6,7)(H,8,9). The predicted molar refractivity (Wildman–Crippen MR) is 33.0 cm³/mol. The number of carboxylic acid groups (broad SMARTS) is 1. The molecule has 0 amide bonds. The van der Waals surface area contributed by atoms with Crippen LogP contribution in [0, 0.1) is 0 Å². The van der Waals surface area contributed by atoms with E-state index in [1.54, 1.807) is 7.05 Å². The first kappa shape index (κ1) is 6.60. The number of aromatic carboxylic acids is 1. The van der Waals surface area contributed by atoms with Crippen molar-refractivity contribution in [3.8, 4) is 0 Å². The third kappa shape index (κ3) is 1.07. The lowest BCUT2D eigenvalue weighted by molar-refractivity contribution is 0.0663. The third-order valence-corrected chi connectivity index (χ3v) is 0.930. The molecular weight excluding hydrogens is 136 g/mol. The van der Waals surface area contributed by atoms with E-state index in [0.29, 0.717) is 0 Å². The molecule has 0 saturated carbocycles. The molecule has 0 aliphatic heterocycles. The molecule has 0 spiro atoms. The lowest BCUT2D eigenvalue weighted by Gasteiger charge is -1.86. The van der Waals surface area contributed by atoms with E-state index in [-0.39, 0.29) is 11.8 Å². The van der Waals surface area contributed by atoms with Crippen LogP contribution in [0.15, 0.2) is 10.6 Å².